The van der Waals surface area contributed by atoms with Crippen molar-refractivity contribution in [3.8, 4) is 0 Å². The zero-order valence-corrected chi connectivity index (χ0v) is 25.5. The monoisotopic (exact) mass is 583 g/mol. The second kappa shape index (κ2) is 19.6. The van der Waals surface area contributed by atoms with E-state index in [4.69, 9.17) is 0 Å². The minimum absolute atomic E-state index is 0.321. The average Bonchev–Trinajstić information content (AvgIpc) is 2.86. The Morgan fingerprint density at radius 3 is 1.86 bits per heavy atom. The Morgan fingerprint density at radius 1 is 0.730 bits per heavy atom. The molecule has 0 aromatic carbocycles. The summed E-state index contributed by atoms with van der Waals surface area (Å²) >= 11 is 0. The van der Waals surface area contributed by atoms with Crippen LogP contribution in [-0.4, -0.2) is 90.8 Å². The second-order valence-electron chi connectivity index (χ2n) is 8.56. The first-order chi connectivity index (χ1) is 17.4. The lowest BCUT2D eigenvalue weighted by atomic mass is 10.1. The van der Waals surface area contributed by atoms with Crippen molar-refractivity contribution in [3.63, 3.8) is 0 Å². The summed E-state index contributed by atoms with van der Waals surface area (Å²) < 4.78 is 0. The van der Waals surface area contributed by atoms with Crippen LogP contribution in [0.5, 0.6) is 0 Å². The topological polar surface area (TPSA) is 190 Å². The lowest BCUT2D eigenvalue weighted by Crippen LogP contribution is -2.57. The van der Waals surface area contributed by atoms with Gasteiger partial charge in [0.05, 0.1) is 12.1 Å². The van der Waals surface area contributed by atoms with Crippen LogP contribution < -0.4 is 36.5 Å². The van der Waals surface area contributed by atoms with Gasteiger partial charge in [-0.15, -0.1) is 0 Å². The lowest BCUT2D eigenvalue weighted by Gasteiger charge is -2.26. The van der Waals surface area contributed by atoms with E-state index in [0.29, 0.717) is 30.3 Å². The fourth-order valence-corrected chi connectivity index (χ4v) is 4.30. The molecule has 8 N–H and O–H groups in total. The third-order valence-electron chi connectivity index (χ3n) is 5.37. The maximum absolute atomic E-state index is 13.0. The molecule has 0 saturated carbocycles. The average molecular weight is 584 g/mol. The molecule has 0 aromatic rings. The van der Waals surface area contributed by atoms with Crippen molar-refractivity contribution in [2.45, 2.75) is 83.3 Å². The molecule has 5 unspecified atom stereocenters. The molecular weight excluding hydrogens is 539 g/mol. The molecule has 0 spiro atoms. The number of carbonyl (C=O) groups is 5. The molecular formula is C21H44N7O6P3. The number of carbonyl (C=O) groups excluding carboxylic acids is 5. The van der Waals surface area contributed by atoms with Crippen LogP contribution >= 0.6 is 26.9 Å². The molecule has 9 atom stereocenters. The summed E-state index contributed by atoms with van der Waals surface area (Å²) in [6, 6.07) is -4.18. The van der Waals surface area contributed by atoms with Gasteiger partial charge in [0.25, 0.3) is 5.91 Å². The molecule has 13 nitrogen and oxygen atoms in total. The molecule has 0 bridgehead atoms. The highest BCUT2D eigenvalue weighted by molar-refractivity contribution is 7.34. The SMILES string of the molecule is CPNCCCC[C@H](NC(=O)[C@H](C)NPC)C(=O)NC(C)C(O)C(=O)N[C@@H](C)C(=O)N[C@@H](C)C(=O)NP. The van der Waals surface area contributed by atoms with Crippen LogP contribution in [0.1, 0.15) is 47.0 Å². The summed E-state index contributed by atoms with van der Waals surface area (Å²) in [4.78, 5) is 61.7. The summed E-state index contributed by atoms with van der Waals surface area (Å²) in [5.41, 5.74) is 0. The number of hydrogen-bond acceptors (Lipinski definition) is 8. The lowest BCUT2D eigenvalue weighted by molar-refractivity contribution is -0.136. The quantitative estimate of drug-likeness (QED) is 0.0702. The Bertz CT molecular complexity index is 764. The van der Waals surface area contributed by atoms with Gasteiger partial charge in [-0.1, -0.05) is 17.5 Å². The summed E-state index contributed by atoms with van der Waals surface area (Å²) in [5, 5.41) is 29.2. The summed E-state index contributed by atoms with van der Waals surface area (Å²) in [6.45, 7) is 10.8. The maximum Gasteiger partial charge on any atom is 0.251 e. The Labute approximate surface area is 225 Å². The fraction of sp³-hybridized carbons (Fsp3) is 0.762. The van der Waals surface area contributed by atoms with Gasteiger partial charge in [-0.25, -0.2) is 0 Å². The van der Waals surface area contributed by atoms with E-state index in [2.05, 4.69) is 36.5 Å². The molecule has 37 heavy (non-hydrogen) atoms. The number of rotatable bonds is 18. The predicted octanol–water partition coefficient (Wildman–Crippen LogP) is -1.56. The molecule has 0 rings (SSSR count). The normalized spacial score (nSPS) is 16.4. The highest BCUT2D eigenvalue weighted by Crippen LogP contribution is 2.06. The van der Waals surface area contributed by atoms with Crippen LogP contribution in [0.4, 0.5) is 0 Å². The first-order valence-electron chi connectivity index (χ1n) is 12.1. The molecule has 0 saturated heterocycles. The van der Waals surface area contributed by atoms with Crippen molar-refractivity contribution in [2.24, 2.45) is 0 Å². The molecule has 0 aliphatic carbocycles. The van der Waals surface area contributed by atoms with Gasteiger partial charge in [-0.2, -0.15) is 0 Å². The van der Waals surface area contributed by atoms with Gasteiger partial charge >= 0.3 is 0 Å². The summed E-state index contributed by atoms with van der Waals surface area (Å²) in [6.07, 6.45) is 0.244. The smallest absolute Gasteiger partial charge is 0.251 e. The van der Waals surface area contributed by atoms with Crippen molar-refractivity contribution < 1.29 is 29.1 Å². The zero-order chi connectivity index (χ0) is 28.5. The second-order valence-corrected chi connectivity index (χ2v) is 10.5. The van der Waals surface area contributed by atoms with Crippen LogP contribution in [0.2, 0.25) is 0 Å². The first kappa shape index (κ1) is 35.5. The van der Waals surface area contributed by atoms with Gasteiger partial charge < -0.3 is 31.5 Å². The van der Waals surface area contributed by atoms with Crippen molar-refractivity contribution in [1.82, 2.24) is 36.5 Å². The van der Waals surface area contributed by atoms with E-state index in [1.165, 1.54) is 20.8 Å². The minimum Gasteiger partial charge on any atom is -0.381 e. The van der Waals surface area contributed by atoms with Crippen molar-refractivity contribution in [3.05, 3.63) is 0 Å². The molecule has 0 heterocycles. The largest absolute Gasteiger partial charge is 0.381 e. The number of amides is 5. The van der Waals surface area contributed by atoms with E-state index in [9.17, 15) is 29.1 Å². The number of aliphatic hydroxyl groups is 1. The molecule has 0 aliphatic rings. The fourth-order valence-electron chi connectivity index (χ4n) is 3.06. The standard InChI is InChI=1S/C21H44N7O6P3/c1-11(16(29)21(34)25-12(2)17(30)24-13(3)19(32)27-35)23-20(33)15(9-7-8-10-22-36-5)26-18(31)14(4)28-37-6/h11-16,22,28-29,36-37H,7-10,35H2,1-6H3,(H,23,33)(H,24,30)(H,25,34)(H,26,31)(H,27,32)/t11?,12-,13-,14-,15-,16?/m0/s1. The number of aliphatic hydroxyl groups excluding tert-OH is 1. The van der Waals surface area contributed by atoms with Crippen molar-refractivity contribution in [1.29, 1.82) is 0 Å². The van der Waals surface area contributed by atoms with Gasteiger partial charge in [0.1, 0.15) is 18.1 Å². The molecule has 5 amide bonds. The van der Waals surface area contributed by atoms with E-state index in [1.807, 2.05) is 22.7 Å². The van der Waals surface area contributed by atoms with Crippen molar-refractivity contribution in [2.75, 3.05) is 19.9 Å². The molecule has 0 aliphatic heterocycles. The number of hydrogen-bond donors (Lipinski definition) is 8. The highest BCUT2D eigenvalue weighted by atomic mass is 31.1. The summed E-state index contributed by atoms with van der Waals surface area (Å²) in [7, 11) is 3.01. The molecule has 214 valence electrons. The van der Waals surface area contributed by atoms with Crippen LogP contribution in [0.25, 0.3) is 0 Å². The van der Waals surface area contributed by atoms with Crippen LogP contribution in [0.15, 0.2) is 0 Å². The Balaban J connectivity index is 5.06. The first-order valence-corrected chi connectivity index (χ1v) is 15.7. The third kappa shape index (κ3) is 14.3. The minimum atomic E-state index is -1.65. The Hall–Kier alpha value is -1.48. The predicted molar refractivity (Wildman–Crippen MR) is 152 cm³/mol. The number of unbranched alkanes of at least 4 members (excludes halogenated alkanes) is 1. The van der Waals surface area contributed by atoms with E-state index >= 15 is 0 Å². The Morgan fingerprint density at radius 2 is 1.30 bits per heavy atom. The van der Waals surface area contributed by atoms with Gasteiger partial charge in [0.15, 0.2) is 6.10 Å². The molecule has 0 fully saturated rings. The van der Waals surface area contributed by atoms with Gasteiger partial charge in [0, 0.05) is 0 Å². The van der Waals surface area contributed by atoms with Gasteiger partial charge in [-0.05, 0) is 76.2 Å². The molecule has 0 radical (unpaired) electrons. The Kier molecular flexibility index (Phi) is 18.8. The maximum atomic E-state index is 13.0. The van der Waals surface area contributed by atoms with Crippen LogP contribution in [0, 0.1) is 0 Å². The molecule has 16 heteroatoms. The van der Waals surface area contributed by atoms with E-state index in [-0.39, 0.29) is 5.91 Å². The van der Waals surface area contributed by atoms with Crippen LogP contribution in [-0.2, 0) is 24.0 Å². The highest BCUT2D eigenvalue weighted by Gasteiger charge is 2.30. The number of nitrogens with one attached hydrogen (secondary N) is 7. The van der Waals surface area contributed by atoms with Gasteiger partial charge in [-0.3, -0.25) is 34.1 Å². The third-order valence-corrected chi connectivity index (χ3v) is 6.98. The van der Waals surface area contributed by atoms with Gasteiger partial charge in [0.2, 0.25) is 23.6 Å². The van der Waals surface area contributed by atoms with E-state index in [1.54, 1.807) is 6.92 Å². The summed E-state index contributed by atoms with van der Waals surface area (Å²) in [5.74, 6) is -2.76. The van der Waals surface area contributed by atoms with E-state index < -0.39 is 59.9 Å². The zero-order valence-electron chi connectivity index (χ0n) is 22.4. The van der Waals surface area contributed by atoms with Crippen molar-refractivity contribution >= 4 is 56.4 Å². The van der Waals surface area contributed by atoms with E-state index in [0.717, 1.165) is 13.0 Å². The molecule has 0 aromatic heterocycles. The van der Waals surface area contributed by atoms with Crippen LogP contribution in [0.3, 0.4) is 0 Å².